The van der Waals surface area contributed by atoms with Crippen LogP contribution in [0.5, 0.6) is 0 Å². The van der Waals surface area contributed by atoms with Crippen LogP contribution < -0.4 is 10.6 Å². The summed E-state index contributed by atoms with van der Waals surface area (Å²) in [5.41, 5.74) is -1.00. The number of aromatic nitrogens is 2. The van der Waals surface area contributed by atoms with Crippen LogP contribution in [0.3, 0.4) is 0 Å². The lowest BCUT2D eigenvalue weighted by atomic mass is 9.99. The Balaban J connectivity index is 1.61. The van der Waals surface area contributed by atoms with Gasteiger partial charge in [-0.1, -0.05) is 24.1 Å². The van der Waals surface area contributed by atoms with E-state index in [-0.39, 0.29) is 24.9 Å². The van der Waals surface area contributed by atoms with Crippen molar-refractivity contribution in [2.24, 2.45) is 0 Å². The van der Waals surface area contributed by atoms with Crippen LogP contribution >= 0.6 is 0 Å². The summed E-state index contributed by atoms with van der Waals surface area (Å²) in [7, 11) is 0. The average Bonchev–Trinajstić information content (AvgIpc) is 3.23. The first-order valence-corrected chi connectivity index (χ1v) is 7.97. The highest BCUT2D eigenvalue weighted by Gasteiger charge is 2.34. The molecular weight excluding hydrogens is 334 g/mol. The quantitative estimate of drug-likeness (QED) is 0.765. The van der Waals surface area contributed by atoms with Crippen molar-refractivity contribution in [3.8, 4) is 11.5 Å². The Kier molecular flexibility index (Phi) is 4.93. The van der Waals surface area contributed by atoms with Crippen molar-refractivity contribution in [1.82, 2.24) is 20.8 Å². The van der Waals surface area contributed by atoms with Gasteiger partial charge in [0, 0.05) is 0 Å². The summed E-state index contributed by atoms with van der Waals surface area (Å²) in [4.78, 5) is 15.9. The third kappa shape index (κ3) is 3.76. The first-order valence-electron chi connectivity index (χ1n) is 7.97. The lowest BCUT2D eigenvalue weighted by Crippen LogP contribution is -2.52. The van der Waals surface area contributed by atoms with Gasteiger partial charge in [0.1, 0.15) is 17.2 Å². The number of aliphatic hydroxyl groups is 1. The van der Waals surface area contributed by atoms with Crippen LogP contribution in [0.15, 0.2) is 22.7 Å². The van der Waals surface area contributed by atoms with Crippen molar-refractivity contribution in [1.29, 1.82) is 0 Å². The summed E-state index contributed by atoms with van der Waals surface area (Å²) in [5.74, 6) is -1.84. The molecule has 1 aromatic heterocycles. The van der Waals surface area contributed by atoms with Crippen LogP contribution in [0, 0.1) is 11.6 Å². The normalized spacial score (nSPS) is 16.0. The van der Waals surface area contributed by atoms with Crippen molar-refractivity contribution in [2.75, 3.05) is 6.61 Å². The number of nitrogens with one attached hydrogen (secondary N) is 2. The van der Waals surface area contributed by atoms with Gasteiger partial charge in [-0.3, -0.25) is 0 Å². The highest BCUT2D eigenvalue weighted by molar-refractivity contribution is 5.74. The molecule has 25 heavy (non-hydrogen) atoms. The molecule has 0 atom stereocenters. The SMILES string of the molecule is O=C(NCc1noc(-c2c(F)cccc2F)n1)NC1(CO)CCCC1. The van der Waals surface area contributed by atoms with E-state index in [4.69, 9.17) is 4.52 Å². The van der Waals surface area contributed by atoms with Crippen LogP contribution in [-0.2, 0) is 6.54 Å². The van der Waals surface area contributed by atoms with Gasteiger partial charge in [-0.15, -0.1) is 0 Å². The van der Waals surface area contributed by atoms with Crippen molar-refractivity contribution < 1.29 is 23.2 Å². The van der Waals surface area contributed by atoms with E-state index >= 15 is 0 Å². The molecule has 0 radical (unpaired) electrons. The van der Waals surface area contributed by atoms with Gasteiger partial charge in [0.25, 0.3) is 5.89 Å². The van der Waals surface area contributed by atoms with Crippen molar-refractivity contribution in [3.05, 3.63) is 35.7 Å². The summed E-state index contributed by atoms with van der Waals surface area (Å²) in [5, 5.41) is 18.4. The Bertz CT molecular complexity index is 739. The molecule has 1 aliphatic rings. The molecule has 134 valence electrons. The first-order chi connectivity index (χ1) is 12.0. The van der Waals surface area contributed by atoms with E-state index in [1.54, 1.807) is 0 Å². The second kappa shape index (κ2) is 7.14. The maximum atomic E-state index is 13.7. The van der Waals surface area contributed by atoms with Gasteiger partial charge in [-0.2, -0.15) is 4.98 Å². The van der Waals surface area contributed by atoms with E-state index in [9.17, 15) is 18.7 Å². The highest BCUT2D eigenvalue weighted by Crippen LogP contribution is 2.29. The van der Waals surface area contributed by atoms with Crippen LogP contribution in [-0.4, -0.2) is 33.4 Å². The molecule has 2 aromatic rings. The van der Waals surface area contributed by atoms with Gasteiger partial charge in [0.2, 0.25) is 0 Å². The van der Waals surface area contributed by atoms with Gasteiger partial charge < -0.3 is 20.3 Å². The summed E-state index contributed by atoms with van der Waals surface area (Å²) >= 11 is 0. The minimum absolute atomic E-state index is 0.0765. The number of hydrogen-bond acceptors (Lipinski definition) is 5. The minimum atomic E-state index is -0.813. The molecule has 7 nitrogen and oxygen atoms in total. The molecule has 3 N–H and O–H groups in total. The fourth-order valence-electron chi connectivity index (χ4n) is 2.95. The Morgan fingerprint density at radius 2 is 1.96 bits per heavy atom. The van der Waals surface area contributed by atoms with Crippen LogP contribution in [0.2, 0.25) is 0 Å². The van der Waals surface area contributed by atoms with Crippen molar-refractivity contribution in [3.63, 3.8) is 0 Å². The molecule has 1 aliphatic carbocycles. The van der Waals surface area contributed by atoms with Crippen LogP contribution in [0.4, 0.5) is 13.6 Å². The van der Waals surface area contributed by atoms with E-state index in [0.29, 0.717) is 0 Å². The third-order valence-electron chi connectivity index (χ3n) is 4.29. The Hall–Kier alpha value is -2.55. The largest absolute Gasteiger partial charge is 0.394 e. The highest BCUT2D eigenvalue weighted by atomic mass is 19.1. The predicted octanol–water partition coefficient (Wildman–Crippen LogP) is 2.12. The summed E-state index contributed by atoms with van der Waals surface area (Å²) < 4.78 is 32.3. The molecule has 1 saturated carbocycles. The fraction of sp³-hybridized carbons (Fsp3) is 0.438. The second-order valence-electron chi connectivity index (χ2n) is 6.07. The number of urea groups is 1. The van der Waals surface area contributed by atoms with Crippen molar-refractivity contribution >= 4 is 6.03 Å². The minimum Gasteiger partial charge on any atom is -0.394 e. The number of rotatable bonds is 5. The second-order valence-corrected chi connectivity index (χ2v) is 6.07. The number of aliphatic hydroxyl groups excluding tert-OH is 1. The number of amides is 2. The molecule has 1 heterocycles. The summed E-state index contributed by atoms with van der Waals surface area (Å²) in [6.07, 6.45) is 3.33. The Morgan fingerprint density at radius 3 is 2.60 bits per heavy atom. The number of nitrogens with zero attached hydrogens (tertiary/aromatic N) is 2. The van der Waals surface area contributed by atoms with E-state index in [1.807, 2.05) is 0 Å². The zero-order chi connectivity index (χ0) is 17.9. The summed E-state index contributed by atoms with van der Waals surface area (Å²) in [6, 6.07) is 2.94. The zero-order valence-corrected chi connectivity index (χ0v) is 13.4. The molecular formula is C16H18F2N4O3. The zero-order valence-electron chi connectivity index (χ0n) is 13.4. The van der Waals surface area contributed by atoms with E-state index < -0.39 is 28.8 Å². The molecule has 0 bridgehead atoms. The average molecular weight is 352 g/mol. The summed E-state index contributed by atoms with van der Waals surface area (Å²) in [6.45, 7) is -0.202. The molecule has 3 rings (SSSR count). The maximum Gasteiger partial charge on any atom is 0.315 e. The molecule has 9 heteroatoms. The molecule has 1 aromatic carbocycles. The Labute approximate surface area is 142 Å². The monoisotopic (exact) mass is 352 g/mol. The number of benzene rings is 1. The third-order valence-corrected chi connectivity index (χ3v) is 4.29. The molecule has 0 saturated heterocycles. The van der Waals surface area contributed by atoms with Gasteiger partial charge in [-0.05, 0) is 25.0 Å². The Morgan fingerprint density at radius 1 is 1.28 bits per heavy atom. The first kappa shape index (κ1) is 17.3. The number of carbonyl (C=O) groups excluding carboxylic acids is 1. The van der Waals surface area contributed by atoms with Gasteiger partial charge in [0.15, 0.2) is 5.82 Å². The van der Waals surface area contributed by atoms with Crippen LogP contribution in [0.1, 0.15) is 31.5 Å². The smallest absolute Gasteiger partial charge is 0.315 e. The molecule has 1 fully saturated rings. The molecule has 0 unspecified atom stereocenters. The van der Waals surface area contributed by atoms with Gasteiger partial charge in [-0.25, -0.2) is 13.6 Å². The number of halogens is 2. The van der Waals surface area contributed by atoms with Crippen molar-refractivity contribution in [2.45, 2.75) is 37.8 Å². The maximum absolute atomic E-state index is 13.7. The van der Waals surface area contributed by atoms with Gasteiger partial charge >= 0.3 is 6.03 Å². The van der Waals surface area contributed by atoms with E-state index in [1.165, 1.54) is 6.07 Å². The number of carbonyl (C=O) groups is 1. The lowest BCUT2D eigenvalue weighted by Gasteiger charge is -2.27. The molecule has 0 spiro atoms. The predicted molar refractivity (Wildman–Crippen MR) is 83.3 cm³/mol. The van der Waals surface area contributed by atoms with Gasteiger partial charge in [0.05, 0.1) is 18.7 Å². The topological polar surface area (TPSA) is 100 Å². The molecule has 0 aliphatic heterocycles. The fourth-order valence-corrected chi connectivity index (χ4v) is 2.95. The standard InChI is InChI=1S/C16H18F2N4O3/c17-10-4-3-5-11(18)13(10)14-20-12(22-25-14)8-19-15(24)21-16(9-23)6-1-2-7-16/h3-5,23H,1-2,6-9H2,(H2,19,21,24). The lowest BCUT2D eigenvalue weighted by molar-refractivity contribution is 0.162. The number of hydrogen-bond donors (Lipinski definition) is 3. The van der Waals surface area contributed by atoms with E-state index in [2.05, 4.69) is 20.8 Å². The molecule has 2 amide bonds. The van der Waals surface area contributed by atoms with Crippen LogP contribution in [0.25, 0.3) is 11.5 Å². The van der Waals surface area contributed by atoms with E-state index in [0.717, 1.165) is 37.8 Å².